The quantitative estimate of drug-likeness (QED) is 0.183. The molecule has 1 aliphatic carbocycles. The van der Waals surface area contributed by atoms with E-state index in [-0.39, 0.29) is 29.9 Å². The Bertz CT molecular complexity index is 878. The first-order valence-electron chi connectivity index (χ1n) is 12.4. The highest BCUT2D eigenvalue weighted by Gasteiger charge is 2.34. The van der Waals surface area contributed by atoms with Crippen LogP contribution in [0.25, 0.3) is 0 Å². The molecule has 0 radical (unpaired) electrons. The monoisotopic (exact) mass is 476 g/mol. The van der Waals surface area contributed by atoms with Crippen LogP contribution in [0.2, 0.25) is 0 Å². The van der Waals surface area contributed by atoms with Crippen molar-refractivity contribution in [2.24, 2.45) is 22.7 Å². The minimum Gasteiger partial charge on any atom is -0.490 e. The topological polar surface area (TPSA) is 138 Å². The fourth-order valence-electron chi connectivity index (χ4n) is 4.52. The third-order valence-corrected chi connectivity index (χ3v) is 7.11. The highest BCUT2D eigenvalue weighted by Crippen LogP contribution is 2.35. The van der Waals surface area contributed by atoms with Crippen molar-refractivity contribution in [2.45, 2.75) is 88.8 Å². The number of unbranched alkanes of at least 4 members (excludes halogenated alkanes) is 1. The lowest BCUT2D eigenvalue weighted by Gasteiger charge is -2.32. The zero-order valence-electron chi connectivity index (χ0n) is 19.9. The van der Waals surface area contributed by atoms with E-state index in [4.69, 9.17) is 16.0 Å². The molecular weight excluding hydrogens is 439 g/mol. The molecule has 8 nitrogen and oxygen atoms in total. The predicted octanol–water partition coefficient (Wildman–Crippen LogP) is 3.94. The van der Waals surface area contributed by atoms with Gasteiger partial charge in [-0.05, 0) is 68.6 Å². The zero-order chi connectivity index (χ0) is 24.7. The molecule has 4 atom stereocenters. The van der Waals surface area contributed by atoms with Crippen molar-refractivity contribution in [3.05, 3.63) is 29.6 Å². The van der Waals surface area contributed by atoms with E-state index in [1.54, 1.807) is 12.1 Å². The number of ether oxygens (including phenoxy) is 1. The number of nitrogens with zero attached hydrogens (tertiary/aromatic N) is 1. The number of nitrogens with two attached hydrogens (primary N) is 1. The number of amides is 2. The zero-order valence-corrected chi connectivity index (χ0v) is 19.9. The lowest BCUT2D eigenvalue weighted by molar-refractivity contribution is -0.136. The highest BCUT2D eigenvalue weighted by molar-refractivity contribution is 5.98. The third-order valence-electron chi connectivity index (χ3n) is 7.11. The van der Waals surface area contributed by atoms with Crippen LogP contribution in [-0.4, -0.2) is 35.6 Å². The molecule has 5 N–H and O–H groups in total. The standard InChI is InChI=1S/C25H37FN4O4/c1-2-25(33,18-10-11-19(26)22(13-18)34-15-16-7-8-16)14-20(27)21(30-28)6-4-3-5-17-9-12-23(31)29-24(17)32/h10-11,13,16-17,20-21,28,33H,2-9,12,14-15,27H2,1H3,(H,29,31,32). The van der Waals surface area contributed by atoms with Crippen molar-refractivity contribution in [3.63, 3.8) is 0 Å². The Morgan fingerprint density at radius 3 is 2.74 bits per heavy atom. The van der Waals surface area contributed by atoms with Gasteiger partial charge in [-0.25, -0.2) is 9.92 Å². The maximum absolute atomic E-state index is 14.2. The largest absolute Gasteiger partial charge is 0.490 e. The van der Waals surface area contributed by atoms with Crippen molar-refractivity contribution in [3.8, 4) is 5.75 Å². The van der Waals surface area contributed by atoms with Crippen LogP contribution >= 0.6 is 0 Å². The Kier molecular flexibility index (Phi) is 9.13. The second-order valence-electron chi connectivity index (χ2n) is 9.78. The fraction of sp³-hybridized carbons (Fsp3) is 0.680. The number of piperidine rings is 1. The Balaban J connectivity index is 1.53. The van der Waals surface area contributed by atoms with Crippen LogP contribution in [0, 0.1) is 23.2 Å². The molecule has 188 valence electrons. The molecule has 2 fully saturated rings. The minimum absolute atomic E-state index is 0.139. The molecule has 1 heterocycles. The van der Waals surface area contributed by atoms with E-state index in [2.05, 4.69) is 10.4 Å². The molecule has 3 rings (SSSR count). The number of halogens is 1. The normalized spacial score (nSPS) is 21.9. The Morgan fingerprint density at radius 2 is 2.09 bits per heavy atom. The summed E-state index contributed by atoms with van der Waals surface area (Å²) in [5, 5.41) is 17.4. The van der Waals surface area contributed by atoms with Gasteiger partial charge in [0.25, 0.3) is 0 Å². The first-order valence-corrected chi connectivity index (χ1v) is 12.4. The molecule has 0 bridgehead atoms. The number of imide groups is 1. The van der Waals surface area contributed by atoms with Crippen LogP contribution in [-0.2, 0) is 15.2 Å². The van der Waals surface area contributed by atoms with Gasteiger partial charge in [-0.2, -0.15) is 5.11 Å². The van der Waals surface area contributed by atoms with Gasteiger partial charge in [0.1, 0.15) is 0 Å². The van der Waals surface area contributed by atoms with E-state index >= 15 is 0 Å². The van der Waals surface area contributed by atoms with Crippen molar-refractivity contribution in [2.75, 3.05) is 6.61 Å². The number of nitrogens with one attached hydrogen (secondary N) is 2. The van der Waals surface area contributed by atoms with Gasteiger partial charge in [-0.3, -0.25) is 14.9 Å². The van der Waals surface area contributed by atoms with Crippen molar-refractivity contribution >= 4 is 11.8 Å². The predicted molar refractivity (Wildman–Crippen MR) is 125 cm³/mol. The van der Waals surface area contributed by atoms with Gasteiger partial charge in [0.05, 0.1) is 18.2 Å². The van der Waals surface area contributed by atoms with Crippen LogP contribution in [0.5, 0.6) is 5.75 Å². The number of carbonyl (C=O) groups is 2. The first-order chi connectivity index (χ1) is 16.3. The number of aliphatic hydroxyl groups is 1. The average Bonchev–Trinajstić information content (AvgIpc) is 3.64. The molecule has 9 heteroatoms. The maximum Gasteiger partial charge on any atom is 0.229 e. The summed E-state index contributed by atoms with van der Waals surface area (Å²) in [4.78, 5) is 23.1. The van der Waals surface area contributed by atoms with E-state index in [0.717, 1.165) is 25.7 Å². The van der Waals surface area contributed by atoms with E-state index in [1.165, 1.54) is 6.07 Å². The summed E-state index contributed by atoms with van der Waals surface area (Å²) in [7, 11) is 0. The van der Waals surface area contributed by atoms with Gasteiger partial charge in [0, 0.05) is 18.4 Å². The minimum atomic E-state index is -1.29. The SMILES string of the molecule is CCC(O)(CC(N)C(CCCCC1CCC(=O)NC1=O)N=N)c1ccc(F)c(OCC2CC2)c1. The lowest BCUT2D eigenvalue weighted by atomic mass is 9.82. The van der Waals surface area contributed by atoms with Crippen LogP contribution < -0.4 is 15.8 Å². The molecule has 1 aromatic rings. The van der Waals surface area contributed by atoms with E-state index in [1.807, 2.05) is 6.92 Å². The summed E-state index contributed by atoms with van der Waals surface area (Å²) in [6.07, 6.45) is 6.44. The van der Waals surface area contributed by atoms with Crippen LogP contribution in [0.15, 0.2) is 23.3 Å². The molecular formula is C25H37FN4O4. The van der Waals surface area contributed by atoms with Gasteiger partial charge in [0.15, 0.2) is 11.6 Å². The van der Waals surface area contributed by atoms with Gasteiger partial charge in [-0.1, -0.05) is 25.8 Å². The van der Waals surface area contributed by atoms with Crippen molar-refractivity contribution in [1.29, 1.82) is 5.53 Å². The van der Waals surface area contributed by atoms with Crippen molar-refractivity contribution < 1.29 is 23.8 Å². The highest BCUT2D eigenvalue weighted by atomic mass is 19.1. The first kappa shape index (κ1) is 26.2. The fourth-order valence-corrected chi connectivity index (χ4v) is 4.52. The summed E-state index contributed by atoms with van der Waals surface area (Å²) < 4.78 is 19.8. The number of rotatable bonds is 14. The van der Waals surface area contributed by atoms with Crippen LogP contribution in [0.1, 0.15) is 76.7 Å². The summed E-state index contributed by atoms with van der Waals surface area (Å²) in [5.74, 6) is -0.412. The molecule has 0 aromatic heterocycles. The maximum atomic E-state index is 14.2. The third kappa shape index (κ3) is 7.06. The Morgan fingerprint density at radius 1 is 1.32 bits per heavy atom. The van der Waals surface area contributed by atoms with Gasteiger partial charge in [-0.15, -0.1) is 0 Å². The number of hydrogen-bond acceptors (Lipinski definition) is 7. The van der Waals surface area contributed by atoms with E-state index in [0.29, 0.717) is 50.2 Å². The van der Waals surface area contributed by atoms with E-state index in [9.17, 15) is 19.1 Å². The summed E-state index contributed by atoms with van der Waals surface area (Å²) in [6, 6.07) is 3.40. The molecule has 1 aliphatic heterocycles. The number of benzene rings is 1. The summed E-state index contributed by atoms with van der Waals surface area (Å²) >= 11 is 0. The summed E-state index contributed by atoms with van der Waals surface area (Å²) in [5.41, 5.74) is 13.2. The van der Waals surface area contributed by atoms with Crippen LogP contribution in [0.4, 0.5) is 4.39 Å². The van der Waals surface area contributed by atoms with E-state index < -0.39 is 23.5 Å². The molecule has 1 aromatic carbocycles. The second-order valence-corrected chi connectivity index (χ2v) is 9.78. The molecule has 4 unspecified atom stereocenters. The van der Waals surface area contributed by atoms with Gasteiger partial charge < -0.3 is 15.6 Å². The Hall–Kier alpha value is -2.39. The van der Waals surface area contributed by atoms with Crippen LogP contribution in [0.3, 0.4) is 0 Å². The molecule has 0 spiro atoms. The smallest absolute Gasteiger partial charge is 0.229 e. The summed E-state index contributed by atoms with van der Waals surface area (Å²) in [6.45, 7) is 2.32. The lowest BCUT2D eigenvalue weighted by Crippen LogP contribution is -2.41. The van der Waals surface area contributed by atoms with Gasteiger partial charge >= 0.3 is 0 Å². The average molecular weight is 477 g/mol. The second kappa shape index (κ2) is 11.8. The molecule has 1 saturated carbocycles. The Labute approximate surface area is 200 Å². The van der Waals surface area contributed by atoms with Crippen molar-refractivity contribution in [1.82, 2.24) is 5.32 Å². The molecule has 2 aliphatic rings. The number of hydrogen-bond donors (Lipinski definition) is 4. The van der Waals surface area contributed by atoms with Gasteiger partial charge in [0.2, 0.25) is 11.8 Å². The molecule has 34 heavy (non-hydrogen) atoms. The molecule has 1 saturated heterocycles. The molecule has 2 amide bonds. The number of carbonyl (C=O) groups excluding carboxylic acids is 2.